The number of hydrogen-bond donors (Lipinski definition) is 2. The van der Waals surface area contributed by atoms with E-state index in [1.54, 1.807) is 0 Å². The lowest BCUT2D eigenvalue weighted by Gasteiger charge is -1.85. The van der Waals surface area contributed by atoms with Gasteiger partial charge in [0.25, 0.3) is 5.88 Å². The minimum absolute atomic E-state index is 0.0830. The molecule has 2 N–H and O–H groups in total. The minimum Gasteiger partial charge on any atom is -0.479 e. The molecule has 0 saturated heterocycles. The van der Waals surface area contributed by atoms with Crippen LogP contribution in [0.1, 0.15) is 10.5 Å². The molecule has 0 atom stereocenters. The second-order valence-corrected chi connectivity index (χ2v) is 2.71. The number of carboxylic acid groups (broad SMARTS) is 1. The number of rotatable bonds is 3. The van der Waals surface area contributed by atoms with Gasteiger partial charge in [0.2, 0.25) is 0 Å². The van der Waals surface area contributed by atoms with Gasteiger partial charge in [-0.25, -0.2) is 4.79 Å². The van der Waals surface area contributed by atoms with Crippen molar-refractivity contribution in [3.05, 3.63) is 17.8 Å². The number of carboxylic acids is 1. The zero-order valence-corrected chi connectivity index (χ0v) is 7.72. The molecule has 0 radical (unpaired) electrons. The van der Waals surface area contributed by atoms with Gasteiger partial charge in [-0.3, -0.25) is 5.10 Å². The number of H-pyrrole nitrogens is 1. The average molecular weight is 209 g/mol. The molecule has 78 valence electrons. The Bertz CT molecular complexity index is 488. The van der Waals surface area contributed by atoms with Crippen molar-refractivity contribution in [3.8, 4) is 17.3 Å². The first-order chi connectivity index (χ1) is 7.20. The third-order valence-electron chi connectivity index (χ3n) is 1.76. The maximum Gasteiger partial charge on any atom is 0.356 e. The smallest absolute Gasteiger partial charge is 0.356 e. The highest BCUT2D eigenvalue weighted by Gasteiger charge is 2.13. The van der Waals surface area contributed by atoms with Crippen LogP contribution in [0.5, 0.6) is 5.88 Å². The van der Waals surface area contributed by atoms with Crippen molar-refractivity contribution in [1.29, 1.82) is 0 Å². The molecule has 2 aromatic heterocycles. The molecule has 2 rings (SSSR count). The Hall–Kier alpha value is -2.31. The summed E-state index contributed by atoms with van der Waals surface area (Å²) in [6.07, 6.45) is 0. The van der Waals surface area contributed by atoms with Crippen molar-refractivity contribution in [3.63, 3.8) is 0 Å². The summed E-state index contributed by atoms with van der Waals surface area (Å²) in [5.41, 5.74) is 0.351. The van der Waals surface area contributed by atoms with E-state index in [9.17, 15) is 4.79 Å². The first-order valence-corrected chi connectivity index (χ1v) is 4.00. The fourth-order valence-electron chi connectivity index (χ4n) is 1.04. The predicted molar refractivity (Wildman–Crippen MR) is 47.6 cm³/mol. The van der Waals surface area contributed by atoms with Gasteiger partial charge in [0.15, 0.2) is 11.5 Å². The van der Waals surface area contributed by atoms with Gasteiger partial charge in [-0.1, -0.05) is 0 Å². The van der Waals surface area contributed by atoms with Crippen molar-refractivity contribution in [2.75, 3.05) is 7.11 Å². The van der Waals surface area contributed by atoms with Crippen molar-refractivity contribution < 1.29 is 19.2 Å². The molecule has 0 spiro atoms. The zero-order valence-electron chi connectivity index (χ0n) is 7.72. The van der Waals surface area contributed by atoms with Crippen LogP contribution in [-0.2, 0) is 0 Å². The molecule has 0 aliphatic carbocycles. The Labute approximate surface area is 83.7 Å². The molecule has 0 saturated carbocycles. The number of ether oxygens (including phenoxy) is 1. The summed E-state index contributed by atoms with van der Waals surface area (Å²) >= 11 is 0. The summed E-state index contributed by atoms with van der Waals surface area (Å²) < 4.78 is 9.71. The van der Waals surface area contributed by atoms with E-state index in [1.165, 1.54) is 19.2 Å². The average Bonchev–Trinajstić information content (AvgIpc) is 2.86. The van der Waals surface area contributed by atoms with Crippen LogP contribution in [0, 0.1) is 0 Å². The Kier molecular flexibility index (Phi) is 2.13. The summed E-state index contributed by atoms with van der Waals surface area (Å²) in [7, 11) is 1.46. The quantitative estimate of drug-likeness (QED) is 0.774. The van der Waals surface area contributed by atoms with Gasteiger partial charge in [0, 0.05) is 6.07 Å². The maximum absolute atomic E-state index is 10.6. The van der Waals surface area contributed by atoms with Crippen molar-refractivity contribution in [2.45, 2.75) is 0 Å². The first kappa shape index (κ1) is 9.25. The molecule has 0 bridgehead atoms. The van der Waals surface area contributed by atoms with E-state index in [2.05, 4.69) is 15.4 Å². The summed E-state index contributed by atoms with van der Waals surface area (Å²) in [5.74, 6) is -0.424. The lowest BCUT2D eigenvalue weighted by atomic mass is 10.3. The lowest BCUT2D eigenvalue weighted by molar-refractivity contribution is 0.0690. The summed E-state index contributed by atoms with van der Waals surface area (Å²) in [6, 6.07) is 2.88. The van der Waals surface area contributed by atoms with Crippen LogP contribution in [0.15, 0.2) is 16.7 Å². The fourth-order valence-corrected chi connectivity index (χ4v) is 1.04. The lowest BCUT2D eigenvalue weighted by Crippen LogP contribution is -1.95. The second kappa shape index (κ2) is 3.45. The van der Waals surface area contributed by atoms with E-state index in [1.807, 2.05) is 0 Å². The number of nitrogens with zero attached hydrogens (tertiary/aromatic N) is 2. The normalized spacial score (nSPS) is 10.2. The van der Waals surface area contributed by atoms with Crippen LogP contribution in [0.2, 0.25) is 0 Å². The molecule has 15 heavy (non-hydrogen) atoms. The molecule has 7 nitrogen and oxygen atoms in total. The molecular formula is C8H7N3O4. The maximum atomic E-state index is 10.6. The standard InChI is InChI=1S/C8H7N3O4/c1-14-7-3-6(15-11-7)4-2-5(8(12)13)10-9-4/h2-3H,1H3,(H,9,10)(H,12,13). The Morgan fingerprint density at radius 1 is 1.60 bits per heavy atom. The Balaban J connectivity index is 2.32. The van der Waals surface area contributed by atoms with Gasteiger partial charge < -0.3 is 14.4 Å². The number of carbonyl (C=O) groups is 1. The Morgan fingerprint density at radius 2 is 2.40 bits per heavy atom. The number of methoxy groups -OCH3 is 1. The van der Waals surface area contributed by atoms with Crippen LogP contribution >= 0.6 is 0 Å². The summed E-state index contributed by atoms with van der Waals surface area (Å²) in [5, 5.41) is 18.3. The van der Waals surface area contributed by atoms with Gasteiger partial charge in [0.05, 0.1) is 13.2 Å². The second-order valence-electron chi connectivity index (χ2n) is 2.71. The predicted octanol–water partition coefficient (Wildman–Crippen LogP) is 0.771. The van der Waals surface area contributed by atoms with E-state index in [0.29, 0.717) is 17.3 Å². The molecular weight excluding hydrogens is 202 g/mol. The molecule has 0 aliphatic heterocycles. The first-order valence-electron chi connectivity index (χ1n) is 4.00. The van der Waals surface area contributed by atoms with Crippen LogP contribution in [0.25, 0.3) is 11.5 Å². The molecule has 0 amide bonds. The minimum atomic E-state index is -1.11. The molecule has 0 fully saturated rings. The van der Waals surface area contributed by atoms with Crippen LogP contribution in [0.4, 0.5) is 0 Å². The molecule has 0 aliphatic rings. The summed E-state index contributed by atoms with van der Waals surface area (Å²) in [4.78, 5) is 10.6. The SMILES string of the molecule is COc1cc(-c2cc(C(=O)O)n[nH]2)on1. The Morgan fingerprint density at radius 3 is 2.93 bits per heavy atom. The van der Waals surface area contributed by atoms with E-state index in [4.69, 9.17) is 14.4 Å². The monoisotopic (exact) mass is 209 g/mol. The van der Waals surface area contributed by atoms with Crippen LogP contribution in [-0.4, -0.2) is 33.5 Å². The van der Waals surface area contributed by atoms with Crippen molar-refractivity contribution in [1.82, 2.24) is 15.4 Å². The highest BCUT2D eigenvalue weighted by atomic mass is 16.5. The third-order valence-corrected chi connectivity index (χ3v) is 1.76. The number of hydrogen-bond acceptors (Lipinski definition) is 5. The third kappa shape index (κ3) is 1.66. The van der Waals surface area contributed by atoms with E-state index in [-0.39, 0.29) is 5.69 Å². The number of aromatic nitrogens is 3. The largest absolute Gasteiger partial charge is 0.479 e. The molecule has 2 aromatic rings. The van der Waals surface area contributed by atoms with Crippen LogP contribution in [0.3, 0.4) is 0 Å². The van der Waals surface area contributed by atoms with E-state index in [0.717, 1.165) is 0 Å². The summed E-state index contributed by atoms with van der Waals surface area (Å²) in [6.45, 7) is 0. The van der Waals surface area contributed by atoms with E-state index < -0.39 is 5.97 Å². The topological polar surface area (TPSA) is 101 Å². The molecule has 0 unspecified atom stereocenters. The van der Waals surface area contributed by atoms with Gasteiger partial charge >= 0.3 is 5.97 Å². The number of nitrogens with one attached hydrogen (secondary N) is 1. The van der Waals surface area contributed by atoms with Gasteiger partial charge in [-0.2, -0.15) is 5.10 Å². The molecule has 2 heterocycles. The highest BCUT2D eigenvalue weighted by molar-refractivity contribution is 5.86. The van der Waals surface area contributed by atoms with Gasteiger partial charge in [-0.05, 0) is 5.16 Å². The van der Waals surface area contributed by atoms with Gasteiger partial charge in [-0.15, -0.1) is 0 Å². The van der Waals surface area contributed by atoms with Crippen molar-refractivity contribution >= 4 is 5.97 Å². The number of aromatic amines is 1. The highest BCUT2D eigenvalue weighted by Crippen LogP contribution is 2.21. The fraction of sp³-hybridized carbons (Fsp3) is 0.125. The molecule has 7 heteroatoms. The van der Waals surface area contributed by atoms with Gasteiger partial charge in [0.1, 0.15) is 5.69 Å². The van der Waals surface area contributed by atoms with Crippen LogP contribution < -0.4 is 4.74 Å². The molecule has 0 aromatic carbocycles. The van der Waals surface area contributed by atoms with E-state index >= 15 is 0 Å². The van der Waals surface area contributed by atoms with Crippen molar-refractivity contribution in [2.24, 2.45) is 0 Å². The zero-order chi connectivity index (χ0) is 10.8. The number of aromatic carboxylic acids is 1.